The van der Waals surface area contributed by atoms with E-state index in [-0.39, 0.29) is 12.5 Å². The highest BCUT2D eigenvalue weighted by Crippen LogP contribution is 2.05. The lowest BCUT2D eigenvalue weighted by Gasteiger charge is -2.25. The molecule has 1 amide bonds. The molecule has 0 spiro atoms. The van der Waals surface area contributed by atoms with Crippen LogP contribution in [0.4, 0.5) is 0 Å². The van der Waals surface area contributed by atoms with Gasteiger partial charge in [0, 0.05) is 39.3 Å². The lowest BCUT2D eigenvalue weighted by Crippen LogP contribution is -2.43. The molecule has 2 rings (SSSR count). The van der Waals surface area contributed by atoms with E-state index in [1.165, 1.54) is 0 Å². The molecule has 0 aromatic heterocycles. The van der Waals surface area contributed by atoms with Crippen molar-refractivity contribution in [2.45, 2.75) is 12.8 Å². The lowest BCUT2D eigenvalue weighted by atomic mass is 10.3. The Kier molecular flexibility index (Phi) is 6.41. The Morgan fingerprint density at radius 3 is 2.43 bits per heavy atom. The second-order valence-electron chi connectivity index (χ2n) is 5.78. The van der Waals surface area contributed by atoms with Crippen molar-refractivity contribution in [1.82, 2.24) is 20.0 Å². The van der Waals surface area contributed by atoms with Gasteiger partial charge >= 0.3 is 5.97 Å². The van der Waals surface area contributed by atoms with Crippen molar-refractivity contribution in [2.24, 2.45) is 0 Å². The second-order valence-corrected chi connectivity index (χ2v) is 5.78. The van der Waals surface area contributed by atoms with Crippen LogP contribution in [0, 0.1) is 0 Å². The number of amides is 1. The minimum atomic E-state index is -0.799. The summed E-state index contributed by atoms with van der Waals surface area (Å²) in [5.41, 5.74) is 0. The molecule has 0 saturated carbocycles. The van der Waals surface area contributed by atoms with E-state index in [2.05, 4.69) is 10.2 Å². The predicted octanol–water partition coefficient (Wildman–Crippen LogP) is -1.10. The fourth-order valence-electron chi connectivity index (χ4n) is 2.92. The monoisotopic (exact) mass is 298 g/mol. The van der Waals surface area contributed by atoms with Crippen molar-refractivity contribution in [1.29, 1.82) is 0 Å². The van der Waals surface area contributed by atoms with E-state index < -0.39 is 5.97 Å². The van der Waals surface area contributed by atoms with Gasteiger partial charge in [0.25, 0.3) is 0 Å². The van der Waals surface area contributed by atoms with Gasteiger partial charge < -0.3 is 15.3 Å². The van der Waals surface area contributed by atoms with Crippen molar-refractivity contribution in [3.63, 3.8) is 0 Å². The zero-order valence-corrected chi connectivity index (χ0v) is 12.6. The average Bonchev–Trinajstić information content (AvgIpc) is 2.81. The zero-order chi connectivity index (χ0) is 15.1. The molecule has 0 aromatic rings. The van der Waals surface area contributed by atoms with Crippen LogP contribution in [0.2, 0.25) is 0 Å². The first kappa shape index (κ1) is 16.2. The fraction of sp³-hybridized carbons (Fsp3) is 0.857. The van der Waals surface area contributed by atoms with Crippen LogP contribution in [0.3, 0.4) is 0 Å². The Labute approximate surface area is 125 Å². The third-order valence-electron chi connectivity index (χ3n) is 4.09. The molecule has 0 aromatic carbocycles. The van der Waals surface area contributed by atoms with Crippen LogP contribution in [-0.4, -0.2) is 97.1 Å². The van der Waals surface area contributed by atoms with E-state index in [9.17, 15) is 9.59 Å². The minimum Gasteiger partial charge on any atom is -0.480 e. The van der Waals surface area contributed by atoms with E-state index in [1.54, 1.807) is 0 Å². The molecule has 2 fully saturated rings. The summed E-state index contributed by atoms with van der Waals surface area (Å²) in [4.78, 5) is 29.2. The summed E-state index contributed by atoms with van der Waals surface area (Å²) in [6, 6.07) is 0. The lowest BCUT2D eigenvalue weighted by molar-refractivity contribution is -0.138. The summed E-state index contributed by atoms with van der Waals surface area (Å²) < 4.78 is 0. The van der Waals surface area contributed by atoms with Crippen molar-refractivity contribution in [3.8, 4) is 0 Å². The van der Waals surface area contributed by atoms with E-state index in [0.717, 1.165) is 52.1 Å². The van der Waals surface area contributed by atoms with Gasteiger partial charge in [-0.05, 0) is 25.9 Å². The van der Waals surface area contributed by atoms with Gasteiger partial charge in [-0.15, -0.1) is 0 Å². The smallest absolute Gasteiger partial charge is 0.317 e. The maximum absolute atomic E-state index is 12.4. The van der Waals surface area contributed by atoms with Crippen molar-refractivity contribution < 1.29 is 14.7 Å². The maximum atomic E-state index is 12.4. The molecule has 120 valence electrons. The van der Waals surface area contributed by atoms with Crippen LogP contribution in [-0.2, 0) is 9.59 Å². The Hall–Kier alpha value is -1.18. The van der Waals surface area contributed by atoms with Gasteiger partial charge in [-0.25, -0.2) is 0 Å². The summed E-state index contributed by atoms with van der Waals surface area (Å²) in [5.74, 6) is -0.624. The van der Waals surface area contributed by atoms with Gasteiger partial charge in [0.15, 0.2) is 0 Å². The largest absolute Gasteiger partial charge is 0.480 e. The average molecular weight is 298 g/mol. The highest BCUT2D eigenvalue weighted by Gasteiger charge is 2.22. The quantitative estimate of drug-likeness (QED) is 0.686. The molecule has 0 radical (unpaired) electrons. The Morgan fingerprint density at radius 2 is 1.62 bits per heavy atom. The fourth-order valence-corrected chi connectivity index (χ4v) is 2.92. The molecule has 2 aliphatic rings. The van der Waals surface area contributed by atoms with Gasteiger partial charge in [-0.2, -0.15) is 0 Å². The highest BCUT2D eigenvalue weighted by molar-refractivity contribution is 5.78. The molecule has 2 aliphatic heterocycles. The molecule has 0 atom stereocenters. The van der Waals surface area contributed by atoms with Gasteiger partial charge in [0.2, 0.25) is 5.91 Å². The molecule has 2 saturated heterocycles. The van der Waals surface area contributed by atoms with E-state index >= 15 is 0 Å². The van der Waals surface area contributed by atoms with Crippen LogP contribution in [0.15, 0.2) is 0 Å². The summed E-state index contributed by atoms with van der Waals surface area (Å²) in [6.07, 6.45) is 1.93. The predicted molar refractivity (Wildman–Crippen MR) is 79.2 cm³/mol. The summed E-state index contributed by atoms with van der Waals surface area (Å²) in [5, 5.41) is 12.2. The number of hydrogen-bond donors (Lipinski definition) is 2. The SMILES string of the molecule is O=C(O)CN1CCCN(C(=O)CN2CCCNCC2)CC1. The van der Waals surface area contributed by atoms with E-state index in [4.69, 9.17) is 5.11 Å². The van der Waals surface area contributed by atoms with E-state index in [0.29, 0.717) is 19.6 Å². The molecular formula is C14H26N4O3. The molecule has 2 heterocycles. The Bertz CT molecular complexity index is 356. The number of carboxylic acids is 1. The second kappa shape index (κ2) is 8.31. The standard InChI is InChI=1S/C14H26N4O3/c19-13(11-16-5-1-3-15-4-8-16)18-7-2-6-17(9-10-18)12-14(20)21/h15H,1-12H2,(H,20,21). The van der Waals surface area contributed by atoms with Gasteiger partial charge in [-0.3, -0.25) is 19.4 Å². The van der Waals surface area contributed by atoms with Crippen molar-refractivity contribution in [3.05, 3.63) is 0 Å². The zero-order valence-electron chi connectivity index (χ0n) is 12.6. The summed E-state index contributed by atoms with van der Waals surface area (Å²) in [7, 11) is 0. The number of aliphatic carboxylic acids is 1. The first-order valence-electron chi connectivity index (χ1n) is 7.80. The number of carbonyl (C=O) groups is 2. The molecule has 7 heteroatoms. The molecule has 0 aliphatic carbocycles. The van der Waals surface area contributed by atoms with E-state index in [1.807, 2.05) is 9.80 Å². The molecule has 7 nitrogen and oxygen atoms in total. The molecular weight excluding hydrogens is 272 g/mol. The number of carbonyl (C=O) groups excluding carboxylic acids is 1. The summed E-state index contributed by atoms with van der Waals surface area (Å²) >= 11 is 0. The van der Waals surface area contributed by atoms with Crippen LogP contribution >= 0.6 is 0 Å². The molecule has 2 N–H and O–H groups in total. The molecule has 0 unspecified atom stereocenters. The van der Waals surface area contributed by atoms with Gasteiger partial charge in [0.1, 0.15) is 0 Å². The van der Waals surface area contributed by atoms with Crippen molar-refractivity contribution >= 4 is 11.9 Å². The van der Waals surface area contributed by atoms with Crippen LogP contribution in [0.25, 0.3) is 0 Å². The van der Waals surface area contributed by atoms with Crippen LogP contribution in [0.5, 0.6) is 0 Å². The third kappa shape index (κ3) is 5.61. The molecule has 0 bridgehead atoms. The number of nitrogens with one attached hydrogen (secondary N) is 1. The van der Waals surface area contributed by atoms with Gasteiger partial charge in [-0.1, -0.05) is 0 Å². The Balaban J connectivity index is 1.78. The number of carboxylic acid groups (broad SMARTS) is 1. The van der Waals surface area contributed by atoms with Crippen LogP contribution in [0.1, 0.15) is 12.8 Å². The topological polar surface area (TPSA) is 76.1 Å². The first-order chi connectivity index (χ1) is 10.1. The van der Waals surface area contributed by atoms with Gasteiger partial charge in [0.05, 0.1) is 13.1 Å². The minimum absolute atomic E-state index is 0.0693. The summed E-state index contributed by atoms with van der Waals surface area (Å²) in [6.45, 7) is 7.20. The third-order valence-corrected chi connectivity index (χ3v) is 4.09. The first-order valence-corrected chi connectivity index (χ1v) is 7.80. The normalized spacial score (nSPS) is 22.6. The highest BCUT2D eigenvalue weighted by atomic mass is 16.4. The number of rotatable bonds is 4. The Morgan fingerprint density at radius 1 is 0.857 bits per heavy atom. The number of nitrogens with zero attached hydrogens (tertiary/aromatic N) is 3. The van der Waals surface area contributed by atoms with Crippen molar-refractivity contribution in [2.75, 3.05) is 65.4 Å². The molecule has 21 heavy (non-hydrogen) atoms. The maximum Gasteiger partial charge on any atom is 0.317 e. The van der Waals surface area contributed by atoms with Crippen LogP contribution < -0.4 is 5.32 Å². The number of hydrogen-bond acceptors (Lipinski definition) is 5.